The second kappa shape index (κ2) is 4.62. The van der Waals surface area contributed by atoms with Gasteiger partial charge in [0.2, 0.25) is 0 Å². The summed E-state index contributed by atoms with van der Waals surface area (Å²) < 4.78 is 4.89. The van der Waals surface area contributed by atoms with Gasteiger partial charge in [-0.2, -0.15) is 0 Å². The molecular weight excluding hydrogens is 128 g/mol. The van der Waals surface area contributed by atoms with Gasteiger partial charge in [0.1, 0.15) is 16.0 Å². The Morgan fingerprint density at radius 2 is 2.43 bits per heavy atom. The van der Waals surface area contributed by atoms with Crippen molar-refractivity contribution < 1.29 is 4.43 Å². The Kier molecular flexibility index (Phi) is 4.93. The van der Waals surface area contributed by atoms with Crippen molar-refractivity contribution in [3.05, 3.63) is 0 Å². The van der Waals surface area contributed by atoms with Crippen molar-refractivity contribution in [1.82, 2.24) is 0 Å². The van der Waals surface area contributed by atoms with Crippen LogP contribution in [0.1, 0.15) is 19.8 Å². The zero-order valence-electron chi connectivity index (χ0n) is 4.78. The van der Waals surface area contributed by atoms with Crippen molar-refractivity contribution in [3.8, 4) is 0 Å². The van der Waals surface area contributed by atoms with Gasteiger partial charge in [-0.25, -0.2) is 0 Å². The Balaban J connectivity index is 2.83. The normalized spacial score (nSPS) is 14.6. The lowest BCUT2D eigenvalue weighted by molar-refractivity contribution is 0.295. The van der Waals surface area contributed by atoms with Gasteiger partial charge in [0.25, 0.3) is 0 Å². The predicted octanol–water partition coefficient (Wildman–Crippen LogP) is 0.648. The molecule has 0 aliphatic heterocycles. The summed E-state index contributed by atoms with van der Waals surface area (Å²) in [7, 11) is 0.755. The third-order valence-corrected chi connectivity index (χ3v) is 2.04. The third kappa shape index (κ3) is 4.32. The summed E-state index contributed by atoms with van der Waals surface area (Å²) in [5.74, 6) is 0. The maximum Gasteiger partial charge on any atom is 0.148 e. The molecule has 0 aromatic heterocycles. The van der Waals surface area contributed by atoms with Crippen LogP contribution >= 0.6 is 11.6 Å². The summed E-state index contributed by atoms with van der Waals surface area (Å²) in [4.78, 5) is 0. The van der Waals surface area contributed by atoms with Crippen molar-refractivity contribution in [2.75, 3.05) is 0 Å². The first-order valence-corrected chi connectivity index (χ1v) is 3.73. The fourth-order valence-electron chi connectivity index (χ4n) is 0.345. The van der Waals surface area contributed by atoms with E-state index < -0.39 is 0 Å². The van der Waals surface area contributed by atoms with Crippen LogP contribution in [-0.2, 0) is 4.43 Å². The topological polar surface area (TPSA) is 9.23 Å². The van der Waals surface area contributed by atoms with Crippen molar-refractivity contribution in [1.29, 1.82) is 0 Å². The Bertz CT molecular complexity index is 42.7. The highest BCUT2D eigenvalue weighted by Gasteiger charge is 1.95. The first kappa shape index (κ1) is 7.47. The lowest BCUT2D eigenvalue weighted by Gasteiger charge is -2.02. The van der Waals surface area contributed by atoms with E-state index >= 15 is 0 Å². The molecular formula is C4H11ClOSi. The van der Waals surface area contributed by atoms with Gasteiger partial charge in [0.05, 0.1) is 0 Å². The van der Waals surface area contributed by atoms with E-state index in [9.17, 15) is 0 Å². The first-order chi connectivity index (χ1) is 3.31. The number of hydrogen-bond donors (Lipinski definition) is 0. The van der Waals surface area contributed by atoms with Gasteiger partial charge >= 0.3 is 0 Å². The SMILES string of the molecule is CCCC(Cl)O[SiH3]. The minimum atomic E-state index is -0.0170. The van der Waals surface area contributed by atoms with Gasteiger partial charge in [-0.3, -0.25) is 0 Å². The molecule has 0 saturated heterocycles. The second-order valence-corrected chi connectivity index (χ2v) is 2.39. The average molecular weight is 139 g/mol. The van der Waals surface area contributed by atoms with Crippen LogP contribution in [0, 0.1) is 0 Å². The average Bonchev–Trinajstić information content (AvgIpc) is 1.68. The molecule has 0 aromatic carbocycles. The molecule has 0 rings (SSSR count). The molecule has 0 fully saturated rings. The van der Waals surface area contributed by atoms with E-state index in [4.69, 9.17) is 16.0 Å². The van der Waals surface area contributed by atoms with Crippen molar-refractivity contribution in [3.63, 3.8) is 0 Å². The molecule has 3 heteroatoms. The largest absolute Gasteiger partial charge is 0.412 e. The molecule has 0 aromatic rings. The van der Waals surface area contributed by atoms with Crippen molar-refractivity contribution in [2.24, 2.45) is 0 Å². The van der Waals surface area contributed by atoms with E-state index in [1.807, 2.05) is 0 Å². The fourth-order valence-corrected chi connectivity index (χ4v) is 0.799. The quantitative estimate of drug-likeness (QED) is 0.411. The van der Waals surface area contributed by atoms with Crippen molar-refractivity contribution in [2.45, 2.75) is 25.3 Å². The second-order valence-electron chi connectivity index (χ2n) is 1.43. The molecule has 0 heterocycles. The van der Waals surface area contributed by atoms with E-state index in [2.05, 4.69) is 6.92 Å². The van der Waals surface area contributed by atoms with E-state index in [1.165, 1.54) is 0 Å². The Labute approximate surface area is 52.5 Å². The Morgan fingerprint density at radius 3 is 2.57 bits per heavy atom. The molecule has 1 unspecified atom stereocenters. The summed E-state index contributed by atoms with van der Waals surface area (Å²) in [6.07, 6.45) is 2.08. The zero-order chi connectivity index (χ0) is 5.70. The molecule has 0 aliphatic rings. The molecule has 0 bridgehead atoms. The molecule has 0 N–H and O–H groups in total. The summed E-state index contributed by atoms with van der Waals surface area (Å²) in [5.41, 5.74) is -0.0170. The number of hydrogen-bond acceptors (Lipinski definition) is 1. The van der Waals surface area contributed by atoms with Gasteiger partial charge in [0.15, 0.2) is 0 Å². The van der Waals surface area contributed by atoms with Crippen LogP contribution in [0.25, 0.3) is 0 Å². The smallest absolute Gasteiger partial charge is 0.148 e. The monoisotopic (exact) mass is 138 g/mol. The fraction of sp³-hybridized carbons (Fsp3) is 1.00. The number of alkyl halides is 1. The first-order valence-electron chi connectivity index (χ1n) is 2.48. The molecule has 0 radical (unpaired) electrons. The van der Waals surface area contributed by atoms with Gasteiger partial charge in [-0.1, -0.05) is 24.9 Å². The molecule has 0 spiro atoms. The molecule has 0 amide bonds. The lowest BCUT2D eigenvalue weighted by atomic mass is 10.4. The molecule has 44 valence electrons. The lowest BCUT2D eigenvalue weighted by Crippen LogP contribution is -1.99. The third-order valence-electron chi connectivity index (χ3n) is 0.771. The standard InChI is InChI=1S/C4H11ClOSi/c1-2-3-4(5)6-7/h4H,2-3H2,1,7H3. The highest BCUT2D eigenvalue weighted by molar-refractivity contribution is 6.21. The Hall–Kier alpha value is 0.467. The van der Waals surface area contributed by atoms with Crippen molar-refractivity contribution >= 4 is 22.1 Å². The van der Waals surface area contributed by atoms with Crippen LogP contribution < -0.4 is 0 Å². The summed E-state index contributed by atoms with van der Waals surface area (Å²) in [6.45, 7) is 2.09. The van der Waals surface area contributed by atoms with Gasteiger partial charge in [-0.05, 0) is 6.42 Å². The summed E-state index contributed by atoms with van der Waals surface area (Å²) in [5, 5.41) is 0. The predicted molar refractivity (Wildman–Crippen MR) is 35.6 cm³/mol. The molecule has 0 saturated carbocycles. The molecule has 7 heavy (non-hydrogen) atoms. The molecule has 1 atom stereocenters. The maximum absolute atomic E-state index is 5.58. The van der Waals surface area contributed by atoms with Crippen LogP contribution in [-0.4, -0.2) is 16.0 Å². The number of rotatable bonds is 3. The zero-order valence-corrected chi connectivity index (χ0v) is 7.53. The molecule has 0 aliphatic carbocycles. The summed E-state index contributed by atoms with van der Waals surface area (Å²) in [6, 6.07) is 0. The van der Waals surface area contributed by atoms with Gasteiger partial charge < -0.3 is 4.43 Å². The number of halogens is 1. The highest BCUT2D eigenvalue weighted by atomic mass is 35.5. The van der Waals surface area contributed by atoms with Crippen LogP contribution in [0.15, 0.2) is 0 Å². The van der Waals surface area contributed by atoms with E-state index in [0.717, 1.165) is 23.3 Å². The molecule has 1 nitrogen and oxygen atoms in total. The van der Waals surface area contributed by atoms with E-state index in [1.54, 1.807) is 0 Å². The van der Waals surface area contributed by atoms with Crippen LogP contribution in [0.3, 0.4) is 0 Å². The maximum atomic E-state index is 5.58. The minimum absolute atomic E-state index is 0.0170. The minimum Gasteiger partial charge on any atom is -0.412 e. The van der Waals surface area contributed by atoms with Crippen LogP contribution in [0.4, 0.5) is 0 Å². The Morgan fingerprint density at radius 1 is 1.86 bits per heavy atom. The van der Waals surface area contributed by atoms with E-state index in [-0.39, 0.29) is 5.56 Å². The van der Waals surface area contributed by atoms with Crippen LogP contribution in [0.2, 0.25) is 0 Å². The van der Waals surface area contributed by atoms with Gasteiger partial charge in [0, 0.05) is 0 Å². The summed E-state index contributed by atoms with van der Waals surface area (Å²) >= 11 is 5.58. The van der Waals surface area contributed by atoms with E-state index in [0.29, 0.717) is 0 Å². The van der Waals surface area contributed by atoms with Gasteiger partial charge in [-0.15, -0.1) is 0 Å². The highest BCUT2D eigenvalue weighted by Crippen LogP contribution is 2.03. The van der Waals surface area contributed by atoms with Crippen LogP contribution in [0.5, 0.6) is 0 Å².